The molecule has 0 bridgehead atoms. The summed E-state index contributed by atoms with van der Waals surface area (Å²) < 4.78 is 12.5. The largest absolute Gasteiger partial charge is 0.371 e. The van der Waals surface area contributed by atoms with Crippen LogP contribution < -0.4 is 10.2 Å². The molecule has 2 aliphatic rings. The van der Waals surface area contributed by atoms with Gasteiger partial charge in [-0.3, -0.25) is 19.6 Å². The Morgan fingerprint density at radius 3 is 2.58 bits per heavy atom. The monoisotopic (exact) mass is 428 g/mol. The average molecular weight is 429 g/mol. The van der Waals surface area contributed by atoms with Crippen molar-refractivity contribution >= 4 is 28.4 Å². The quantitative estimate of drug-likeness (QED) is 0.539. The maximum atomic E-state index is 12.3. The molecule has 31 heavy (non-hydrogen) atoms. The number of hydrogen-bond donors (Lipinski definition) is 1. The van der Waals surface area contributed by atoms with Gasteiger partial charge in [-0.05, 0) is 56.2 Å². The van der Waals surface area contributed by atoms with Gasteiger partial charge in [0.05, 0.1) is 17.1 Å². The number of hydrogen-bond acceptors (Lipinski definition) is 6. The van der Waals surface area contributed by atoms with Crippen LogP contribution in [0, 0.1) is 5.92 Å². The number of nitrogens with one attached hydrogen (secondary N) is 1. The molecular formula is C23H32N4O4. The molecule has 1 aromatic heterocycles. The van der Waals surface area contributed by atoms with Gasteiger partial charge >= 0.3 is 0 Å². The summed E-state index contributed by atoms with van der Waals surface area (Å²) >= 11 is 0. The van der Waals surface area contributed by atoms with E-state index < -0.39 is 0 Å². The molecule has 1 atom stereocenters. The Morgan fingerprint density at radius 2 is 1.90 bits per heavy atom. The third kappa shape index (κ3) is 4.60. The maximum Gasteiger partial charge on any atom is 0.235 e. The second kappa shape index (κ2) is 9.36. The van der Waals surface area contributed by atoms with E-state index in [2.05, 4.69) is 33.5 Å². The minimum absolute atomic E-state index is 0.108. The second-order valence-electron chi connectivity index (χ2n) is 8.62. The summed E-state index contributed by atoms with van der Waals surface area (Å²) in [5.41, 5.74) is 2.97. The Kier molecular flexibility index (Phi) is 6.57. The van der Waals surface area contributed by atoms with Crippen LogP contribution in [0.25, 0.3) is 10.9 Å². The predicted molar refractivity (Wildman–Crippen MR) is 118 cm³/mol. The van der Waals surface area contributed by atoms with E-state index in [1.807, 2.05) is 11.7 Å². The van der Waals surface area contributed by atoms with E-state index in [1.54, 1.807) is 14.2 Å². The lowest BCUT2D eigenvalue weighted by atomic mass is 9.91. The molecule has 2 fully saturated rings. The van der Waals surface area contributed by atoms with Crippen molar-refractivity contribution in [1.29, 1.82) is 0 Å². The number of fused-ring (bicyclic) bond motifs is 1. The van der Waals surface area contributed by atoms with Crippen LogP contribution in [0.3, 0.4) is 0 Å². The van der Waals surface area contributed by atoms with E-state index >= 15 is 0 Å². The number of carbonyl (C=O) groups excluding carboxylic acids is 2. The highest BCUT2D eigenvalue weighted by atomic mass is 16.7. The normalized spacial score (nSPS) is 20.6. The fraction of sp³-hybridized carbons (Fsp3) is 0.609. The van der Waals surface area contributed by atoms with E-state index in [0.717, 1.165) is 55.4 Å². The summed E-state index contributed by atoms with van der Waals surface area (Å²) in [6, 6.07) is 6.38. The number of imide groups is 1. The standard InChI is InChI=1S/C23H32N4O4/c1-26-19-14-16(27-12-10-15(11-13-27)4-9-21(30-2)31-3)5-6-17(19)22(25-26)18-7-8-20(28)24-23(18)29/h5-6,14-15,18,21H,4,7-13H2,1-3H3,(H,24,28,29). The molecule has 1 unspecified atom stereocenters. The Balaban J connectivity index is 1.44. The first kappa shape index (κ1) is 21.8. The first-order valence-corrected chi connectivity index (χ1v) is 11.1. The molecule has 2 amide bonds. The van der Waals surface area contributed by atoms with E-state index in [-0.39, 0.29) is 24.0 Å². The lowest BCUT2D eigenvalue weighted by Crippen LogP contribution is -2.39. The predicted octanol–water partition coefficient (Wildman–Crippen LogP) is 2.71. The minimum Gasteiger partial charge on any atom is -0.371 e. The van der Waals surface area contributed by atoms with Gasteiger partial charge in [0, 0.05) is 51.9 Å². The summed E-state index contributed by atoms with van der Waals surface area (Å²) in [6.07, 6.45) is 5.13. The minimum atomic E-state index is -0.369. The van der Waals surface area contributed by atoms with Crippen LogP contribution >= 0.6 is 0 Å². The number of piperidine rings is 2. The molecule has 4 rings (SSSR count). The lowest BCUT2D eigenvalue weighted by molar-refractivity contribution is -0.134. The van der Waals surface area contributed by atoms with Crippen molar-refractivity contribution < 1.29 is 19.1 Å². The molecule has 8 heteroatoms. The first-order chi connectivity index (χ1) is 15.0. The number of benzene rings is 1. The van der Waals surface area contributed by atoms with Gasteiger partial charge < -0.3 is 14.4 Å². The third-order valence-electron chi connectivity index (χ3n) is 6.75. The van der Waals surface area contributed by atoms with Crippen LogP contribution in [-0.2, 0) is 26.1 Å². The van der Waals surface area contributed by atoms with Gasteiger partial charge in [0.15, 0.2) is 6.29 Å². The highest BCUT2D eigenvalue weighted by molar-refractivity contribution is 6.02. The highest BCUT2D eigenvalue weighted by Crippen LogP contribution is 2.33. The van der Waals surface area contributed by atoms with Gasteiger partial charge in [0.2, 0.25) is 11.8 Å². The van der Waals surface area contributed by atoms with E-state index in [0.29, 0.717) is 18.8 Å². The molecule has 168 valence electrons. The van der Waals surface area contributed by atoms with E-state index in [1.165, 1.54) is 5.69 Å². The van der Waals surface area contributed by atoms with E-state index in [9.17, 15) is 9.59 Å². The molecule has 8 nitrogen and oxygen atoms in total. The number of methoxy groups -OCH3 is 2. The van der Waals surface area contributed by atoms with Gasteiger partial charge in [0.1, 0.15) is 0 Å². The van der Waals surface area contributed by atoms with Gasteiger partial charge in [0.25, 0.3) is 0 Å². The van der Waals surface area contributed by atoms with Crippen molar-refractivity contribution in [2.75, 3.05) is 32.2 Å². The van der Waals surface area contributed by atoms with Crippen molar-refractivity contribution in [3.8, 4) is 0 Å². The molecule has 0 spiro atoms. The van der Waals surface area contributed by atoms with Crippen molar-refractivity contribution in [2.24, 2.45) is 13.0 Å². The molecule has 2 saturated heterocycles. The van der Waals surface area contributed by atoms with Crippen molar-refractivity contribution in [1.82, 2.24) is 15.1 Å². The molecular weight excluding hydrogens is 396 g/mol. The molecule has 1 N–H and O–H groups in total. The van der Waals surface area contributed by atoms with Crippen molar-refractivity contribution in [3.05, 3.63) is 23.9 Å². The molecule has 2 aliphatic heterocycles. The summed E-state index contributed by atoms with van der Waals surface area (Å²) in [7, 11) is 5.30. The van der Waals surface area contributed by atoms with Crippen LogP contribution in [0.5, 0.6) is 0 Å². The number of amides is 2. The summed E-state index contributed by atoms with van der Waals surface area (Å²) in [5, 5.41) is 8.08. The molecule has 2 aromatic rings. The molecule has 0 aliphatic carbocycles. The smallest absolute Gasteiger partial charge is 0.235 e. The number of nitrogens with zero attached hydrogens (tertiary/aromatic N) is 3. The molecule has 0 radical (unpaired) electrons. The molecule has 1 aromatic carbocycles. The van der Waals surface area contributed by atoms with Gasteiger partial charge in [-0.1, -0.05) is 0 Å². The SMILES string of the molecule is COC(CCC1CCN(c2ccc3c(C4CCC(=O)NC4=O)nn(C)c3c2)CC1)OC. The summed E-state index contributed by atoms with van der Waals surface area (Å²) in [4.78, 5) is 26.3. The number of ether oxygens (including phenoxy) is 2. The van der Waals surface area contributed by atoms with Crippen LogP contribution in [0.15, 0.2) is 18.2 Å². The zero-order valence-corrected chi connectivity index (χ0v) is 18.6. The Hall–Kier alpha value is -2.45. The van der Waals surface area contributed by atoms with E-state index in [4.69, 9.17) is 9.47 Å². The first-order valence-electron chi connectivity index (χ1n) is 11.1. The van der Waals surface area contributed by atoms with Crippen molar-refractivity contribution in [3.63, 3.8) is 0 Å². The summed E-state index contributed by atoms with van der Waals surface area (Å²) in [5.74, 6) is -0.117. The average Bonchev–Trinajstić information content (AvgIpc) is 3.10. The number of carbonyl (C=O) groups is 2. The van der Waals surface area contributed by atoms with Gasteiger partial charge in [-0.25, -0.2) is 0 Å². The third-order valence-corrected chi connectivity index (χ3v) is 6.75. The zero-order chi connectivity index (χ0) is 22.0. The Bertz CT molecular complexity index is 944. The van der Waals surface area contributed by atoms with Crippen LogP contribution in [0.2, 0.25) is 0 Å². The van der Waals surface area contributed by atoms with Crippen molar-refractivity contribution in [2.45, 2.75) is 50.7 Å². The Labute approximate surface area is 182 Å². The van der Waals surface area contributed by atoms with Gasteiger partial charge in [-0.2, -0.15) is 5.10 Å². The fourth-order valence-electron chi connectivity index (χ4n) is 4.87. The van der Waals surface area contributed by atoms with Gasteiger partial charge in [-0.15, -0.1) is 0 Å². The maximum absolute atomic E-state index is 12.3. The zero-order valence-electron chi connectivity index (χ0n) is 18.6. The molecule has 3 heterocycles. The fourth-order valence-corrected chi connectivity index (χ4v) is 4.87. The van der Waals surface area contributed by atoms with Crippen LogP contribution in [0.4, 0.5) is 5.69 Å². The topological polar surface area (TPSA) is 85.7 Å². The second-order valence-corrected chi connectivity index (χ2v) is 8.62. The van der Waals surface area contributed by atoms with Crippen LogP contribution in [-0.4, -0.2) is 55.2 Å². The highest BCUT2D eigenvalue weighted by Gasteiger charge is 2.31. The molecule has 0 saturated carbocycles. The number of anilines is 1. The van der Waals surface area contributed by atoms with Crippen LogP contribution in [0.1, 0.15) is 50.1 Å². The lowest BCUT2D eigenvalue weighted by Gasteiger charge is -2.34. The summed E-state index contributed by atoms with van der Waals surface area (Å²) in [6.45, 7) is 2.05. The number of rotatable bonds is 7. The Morgan fingerprint density at radius 1 is 1.16 bits per heavy atom. The number of aromatic nitrogens is 2. The number of aryl methyl sites for hydroxylation is 1.